The number of amides is 2. The van der Waals surface area contributed by atoms with Crippen molar-refractivity contribution in [2.75, 3.05) is 5.32 Å². The molecule has 0 saturated carbocycles. The quantitative estimate of drug-likeness (QED) is 0.776. The summed E-state index contributed by atoms with van der Waals surface area (Å²) in [5, 5.41) is 14.1. The van der Waals surface area contributed by atoms with Crippen LogP contribution in [0.1, 0.15) is 37.6 Å². The highest BCUT2D eigenvalue weighted by Crippen LogP contribution is 2.17. The molecule has 0 heterocycles. The van der Waals surface area contributed by atoms with Gasteiger partial charge in [0.2, 0.25) is 0 Å². The fraction of sp³-hybridized carbons (Fsp3) is 0.429. The average molecular weight is 282 g/mol. The summed E-state index contributed by atoms with van der Waals surface area (Å²) < 4.78 is 13.1. The SMILES string of the molecule is CCC(C)C(C)NC(=O)Nc1cc(F)ccc1C(=O)O. The highest BCUT2D eigenvalue weighted by Gasteiger charge is 2.16. The molecule has 6 heteroatoms. The first-order valence-electron chi connectivity index (χ1n) is 6.45. The number of hydrogen-bond donors (Lipinski definition) is 3. The molecule has 0 fully saturated rings. The van der Waals surface area contributed by atoms with Gasteiger partial charge in [-0.3, -0.25) is 0 Å². The van der Waals surface area contributed by atoms with Crippen LogP contribution in [-0.2, 0) is 0 Å². The summed E-state index contributed by atoms with van der Waals surface area (Å²) in [6, 6.07) is 2.52. The number of carboxylic acid groups (broad SMARTS) is 1. The largest absolute Gasteiger partial charge is 0.478 e. The number of rotatable bonds is 5. The smallest absolute Gasteiger partial charge is 0.337 e. The lowest BCUT2D eigenvalue weighted by molar-refractivity contribution is 0.0698. The summed E-state index contributed by atoms with van der Waals surface area (Å²) in [7, 11) is 0. The molecule has 0 saturated heterocycles. The van der Waals surface area contributed by atoms with Gasteiger partial charge in [0.1, 0.15) is 5.82 Å². The lowest BCUT2D eigenvalue weighted by atomic mass is 10.0. The van der Waals surface area contributed by atoms with Gasteiger partial charge in [0, 0.05) is 6.04 Å². The molecule has 110 valence electrons. The molecular formula is C14H19FN2O3. The van der Waals surface area contributed by atoms with E-state index in [1.165, 1.54) is 0 Å². The lowest BCUT2D eigenvalue weighted by Gasteiger charge is -2.20. The fourth-order valence-electron chi connectivity index (χ4n) is 1.67. The van der Waals surface area contributed by atoms with Gasteiger partial charge < -0.3 is 15.7 Å². The maximum atomic E-state index is 13.1. The Kier molecular flexibility index (Phi) is 5.49. The second kappa shape index (κ2) is 6.88. The number of carbonyl (C=O) groups excluding carboxylic acids is 1. The molecule has 0 bridgehead atoms. The molecule has 2 unspecified atom stereocenters. The van der Waals surface area contributed by atoms with Crippen molar-refractivity contribution in [3.63, 3.8) is 0 Å². The van der Waals surface area contributed by atoms with Crippen molar-refractivity contribution < 1.29 is 19.1 Å². The molecule has 1 aromatic carbocycles. The van der Waals surface area contributed by atoms with Crippen molar-refractivity contribution in [3.8, 4) is 0 Å². The Morgan fingerprint density at radius 1 is 1.35 bits per heavy atom. The Hall–Kier alpha value is -2.11. The van der Waals surface area contributed by atoms with Crippen LogP contribution in [-0.4, -0.2) is 23.1 Å². The van der Waals surface area contributed by atoms with Crippen LogP contribution in [0.2, 0.25) is 0 Å². The first-order chi connectivity index (χ1) is 9.35. The number of aromatic carboxylic acids is 1. The number of halogens is 1. The molecule has 0 aliphatic carbocycles. The second-order valence-electron chi connectivity index (χ2n) is 4.77. The summed E-state index contributed by atoms with van der Waals surface area (Å²) in [5.41, 5.74) is -0.218. The monoisotopic (exact) mass is 282 g/mol. The van der Waals surface area contributed by atoms with E-state index in [4.69, 9.17) is 5.11 Å². The number of carboxylic acids is 1. The molecule has 0 radical (unpaired) electrons. The topological polar surface area (TPSA) is 78.4 Å². The summed E-state index contributed by atoms with van der Waals surface area (Å²) in [6.45, 7) is 5.86. The van der Waals surface area contributed by atoms with E-state index in [1.807, 2.05) is 20.8 Å². The number of hydrogen-bond acceptors (Lipinski definition) is 2. The van der Waals surface area contributed by atoms with E-state index in [0.29, 0.717) is 0 Å². The summed E-state index contributed by atoms with van der Waals surface area (Å²) in [5.74, 6) is -1.55. The normalized spacial score (nSPS) is 13.4. The standard InChI is InChI=1S/C14H19FN2O3/c1-4-8(2)9(3)16-14(20)17-12-7-10(15)5-6-11(12)13(18)19/h5-9H,4H2,1-3H3,(H,18,19)(H2,16,17,20). The first-order valence-corrected chi connectivity index (χ1v) is 6.45. The van der Waals surface area contributed by atoms with Crippen LogP contribution < -0.4 is 10.6 Å². The molecule has 0 aromatic heterocycles. The summed E-state index contributed by atoms with van der Waals surface area (Å²) >= 11 is 0. The third-order valence-corrected chi connectivity index (χ3v) is 3.32. The van der Waals surface area contributed by atoms with Crippen LogP contribution in [0.3, 0.4) is 0 Å². The Morgan fingerprint density at radius 3 is 2.55 bits per heavy atom. The van der Waals surface area contributed by atoms with Crippen molar-refractivity contribution in [1.29, 1.82) is 0 Å². The van der Waals surface area contributed by atoms with E-state index in [-0.39, 0.29) is 23.2 Å². The molecule has 0 spiro atoms. The molecule has 20 heavy (non-hydrogen) atoms. The Balaban J connectivity index is 2.80. The highest BCUT2D eigenvalue weighted by atomic mass is 19.1. The molecule has 1 rings (SSSR count). The average Bonchev–Trinajstić information content (AvgIpc) is 2.37. The van der Waals surface area contributed by atoms with Gasteiger partial charge in [0.25, 0.3) is 0 Å². The third-order valence-electron chi connectivity index (χ3n) is 3.32. The van der Waals surface area contributed by atoms with Gasteiger partial charge in [-0.1, -0.05) is 20.3 Å². The van der Waals surface area contributed by atoms with Gasteiger partial charge in [0.15, 0.2) is 0 Å². The highest BCUT2D eigenvalue weighted by molar-refractivity contribution is 6.00. The van der Waals surface area contributed by atoms with Crippen LogP contribution in [0.5, 0.6) is 0 Å². The zero-order valence-electron chi connectivity index (χ0n) is 11.7. The number of carbonyl (C=O) groups is 2. The Bertz CT molecular complexity index is 505. The van der Waals surface area contributed by atoms with E-state index in [2.05, 4.69) is 10.6 Å². The third kappa shape index (κ3) is 4.22. The van der Waals surface area contributed by atoms with Crippen molar-refractivity contribution in [2.24, 2.45) is 5.92 Å². The molecular weight excluding hydrogens is 263 g/mol. The minimum atomic E-state index is -1.23. The van der Waals surface area contributed by atoms with Gasteiger partial charge >= 0.3 is 12.0 Å². The van der Waals surface area contributed by atoms with Crippen LogP contribution in [0.15, 0.2) is 18.2 Å². The van der Waals surface area contributed by atoms with Crippen molar-refractivity contribution in [2.45, 2.75) is 33.2 Å². The molecule has 0 aliphatic rings. The van der Waals surface area contributed by atoms with Gasteiger partial charge in [-0.15, -0.1) is 0 Å². The lowest BCUT2D eigenvalue weighted by Crippen LogP contribution is -2.39. The van der Waals surface area contributed by atoms with E-state index in [0.717, 1.165) is 24.6 Å². The second-order valence-corrected chi connectivity index (χ2v) is 4.77. The number of urea groups is 1. The number of nitrogens with one attached hydrogen (secondary N) is 2. The van der Waals surface area contributed by atoms with E-state index in [1.54, 1.807) is 0 Å². The van der Waals surface area contributed by atoms with Crippen LogP contribution in [0.25, 0.3) is 0 Å². The Morgan fingerprint density at radius 2 is 2.00 bits per heavy atom. The van der Waals surface area contributed by atoms with Gasteiger partial charge in [-0.2, -0.15) is 0 Å². The maximum Gasteiger partial charge on any atom is 0.337 e. The van der Waals surface area contributed by atoms with Gasteiger partial charge in [-0.05, 0) is 31.0 Å². The molecule has 5 nitrogen and oxygen atoms in total. The zero-order chi connectivity index (χ0) is 15.3. The summed E-state index contributed by atoms with van der Waals surface area (Å²) in [4.78, 5) is 22.8. The molecule has 2 amide bonds. The number of benzene rings is 1. The zero-order valence-corrected chi connectivity index (χ0v) is 11.7. The van der Waals surface area contributed by atoms with E-state index >= 15 is 0 Å². The van der Waals surface area contributed by atoms with Gasteiger partial charge in [0.05, 0.1) is 11.3 Å². The number of anilines is 1. The predicted molar refractivity (Wildman–Crippen MR) is 74.4 cm³/mol. The minimum Gasteiger partial charge on any atom is -0.478 e. The van der Waals surface area contributed by atoms with Crippen LogP contribution in [0.4, 0.5) is 14.9 Å². The predicted octanol–water partition coefficient (Wildman–Crippen LogP) is 3.08. The fourth-order valence-corrected chi connectivity index (χ4v) is 1.67. The van der Waals surface area contributed by atoms with Gasteiger partial charge in [-0.25, -0.2) is 14.0 Å². The van der Waals surface area contributed by atoms with E-state index < -0.39 is 17.8 Å². The first kappa shape index (κ1) is 15.9. The van der Waals surface area contributed by atoms with Crippen molar-refractivity contribution >= 4 is 17.7 Å². The minimum absolute atomic E-state index is 0.0636. The molecule has 0 aliphatic heterocycles. The molecule has 1 aromatic rings. The van der Waals surface area contributed by atoms with Crippen molar-refractivity contribution in [3.05, 3.63) is 29.6 Å². The maximum absolute atomic E-state index is 13.1. The Labute approximate surface area is 117 Å². The van der Waals surface area contributed by atoms with Crippen LogP contribution in [0, 0.1) is 11.7 Å². The summed E-state index contributed by atoms with van der Waals surface area (Å²) in [6.07, 6.45) is 0.905. The molecule has 2 atom stereocenters. The van der Waals surface area contributed by atoms with E-state index in [9.17, 15) is 14.0 Å². The van der Waals surface area contributed by atoms with Crippen molar-refractivity contribution in [1.82, 2.24) is 5.32 Å². The van der Waals surface area contributed by atoms with Crippen LogP contribution >= 0.6 is 0 Å². The molecule has 3 N–H and O–H groups in total.